The van der Waals surface area contributed by atoms with Gasteiger partial charge in [-0.3, -0.25) is 4.79 Å². The van der Waals surface area contributed by atoms with Gasteiger partial charge in [0.25, 0.3) is 5.91 Å². The van der Waals surface area contributed by atoms with Crippen molar-refractivity contribution in [1.82, 2.24) is 4.90 Å². The number of benzene rings is 1. The lowest BCUT2D eigenvalue weighted by Gasteiger charge is -2.25. The molecular formula is C15H18N2O3S2. The summed E-state index contributed by atoms with van der Waals surface area (Å²) in [5.41, 5.74) is 1.63. The average Bonchev–Trinajstić information content (AvgIpc) is 2.97. The lowest BCUT2D eigenvalue weighted by Crippen LogP contribution is -2.36. The second kappa shape index (κ2) is 6.60. The maximum atomic E-state index is 12.4. The first kappa shape index (κ1) is 16.7. The van der Waals surface area contributed by atoms with Crippen LogP contribution in [0.25, 0.3) is 0 Å². The van der Waals surface area contributed by atoms with E-state index in [2.05, 4.69) is 5.38 Å². The van der Waals surface area contributed by atoms with Crippen molar-refractivity contribution < 1.29 is 13.2 Å². The van der Waals surface area contributed by atoms with E-state index in [1.807, 2.05) is 18.4 Å². The molecule has 0 fully saturated rings. The van der Waals surface area contributed by atoms with Gasteiger partial charge in [-0.15, -0.1) is 0 Å². The Kier molecular flexibility index (Phi) is 5.00. The molecule has 0 saturated heterocycles. The number of carbonyl (C=O) groups excluding carboxylic acids is 1. The van der Waals surface area contributed by atoms with Gasteiger partial charge in [0.1, 0.15) is 0 Å². The van der Waals surface area contributed by atoms with Crippen LogP contribution < -0.4 is 5.14 Å². The Morgan fingerprint density at radius 2 is 1.91 bits per heavy atom. The van der Waals surface area contributed by atoms with Crippen LogP contribution in [0.2, 0.25) is 0 Å². The summed E-state index contributed by atoms with van der Waals surface area (Å²) in [5.74, 6) is -0.149. The molecule has 0 radical (unpaired) electrons. The molecule has 0 bridgehead atoms. The Morgan fingerprint density at radius 3 is 2.41 bits per heavy atom. The molecule has 0 aliphatic carbocycles. The number of primary sulfonamides is 1. The molecule has 2 N–H and O–H groups in total. The first-order valence-electron chi connectivity index (χ1n) is 6.70. The quantitative estimate of drug-likeness (QED) is 0.906. The van der Waals surface area contributed by atoms with Gasteiger partial charge in [0.15, 0.2) is 0 Å². The highest BCUT2D eigenvalue weighted by Gasteiger charge is 2.18. The predicted molar refractivity (Wildman–Crippen MR) is 87.4 cm³/mol. The molecule has 0 spiro atoms. The molecule has 1 aromatic carbocycles. The van der Waals surface area contributed by atoms with E-state index in [-0.39, 0.29) is 16.8 Å². The summed E-state index contributed by atoms with van der Waals surface area (Å²) in [7, 11) is -2.00. The van der Waals surface area contributed by atoms with Crippen LogP contribution in [0, 0.1) is 0 Å². The fourth-order valence-corrected chi connectivity index (χ4v) is 3.27. The van der Waals surface area contributed by atoms with Crippen LogP contribution >= 0.6 is 11.3 Å². The SMILES string of the molecule is C[C@@H](Cc1ccsc1)N(C)C(=O)c1ccc(S(N)(=O)=O)cc1. The van der Waals surface area contributed by atoms with E-state index in [0.717, 1.165) is 6.42 Å². The van der Waals surface area contributed by atoms with Crippen molar-refractivity contribution in [2.75, 3.05) is 7.05 Å². The molecule has 0 unspecified atom stereocenters. The summed E-state index contributed by atoms with van der Waals surface area (Å²) >= 11 is 1.63. The maximum Gasteiger partial charge on any atom is 0.253 e. The van der Waals surface area contributed by atoms with Crippen LogP contribution in [0.4, 0.5) is 0 Å². The Morgan fingerprint density at radius 1 is 1.27 bits per heavy atom. The van der Waals surface area contributed by atoms with E-state index >= 15 is 0 Å². The van der Waals surface area contributed by atoms with Crippen LogP contribution in [0.5, 0.6) is 0 Å². The second-order valence-electron chi connectivity index (χ2n) is 5.17. The molecule has 2 rings (SSSR count). The standard InChI is InChI=1S/C15H18N2O3S2/c1-11(9-12-7-8-21-10-12)17(2)15(18)13-3-5-14(6-4-13)22(16,19)20/h3-8,10-11H,9H2,1-2H3,(H2,16,19,20)/t11-/m0/s1. The molecule has 2 aromatic rings. The Bertz CT molecular complexity index is 738. The number of rotatable bonds is 5. The summed E-state index contributed by atoms with van der Waals surface area (Å²) in [6.45, 7) is 1.98. The number of sulfonamides is 1. The van der Waals surface area contributed by atoms with Crippen molar-refractivity contribution in [3.05, 3.63) is 52.2 Å². The highest BCUT2D eigenvalue weighted by molar-refractivity contribution is 7.89. The van der Waals surface area contributed by atoms with Gasteiger partial charge in [-0.1, -0.05) is 0 Å². The van der Waals surface area contributed by atoms with E-state index in [1.54, 1.807) is 23.3 Å². The smallest absolute Gasteiger partial charge is 0.253 e. The Balaban J connectivity index is 2.10. The molecule has 0 aliphatic heterocycles. The van der Waals surface area contributed by atoms with Crippen molar-refractivity contribution in [3.8, 4) is 0 Å². The lowest BCUT2D eigenvalue weighted by molar-refractivity contribution is 0.0743. The highest BCUT2D eigenvalue weighted by atomic mass is 32.2. The number of likely N-dealkylation sites (N-methyl/N-ethyl adjacent to an activating group) is 1. The molecule has 0 aliphatic rings. The summed E-state index contributed by atoms with van der Waals surface area (Å²) < 4.78 is 22.4. The van der Waals surface area contributed by atoms with Crippen LogP contribution in [0.1, 0.15) is 22.8 Å². The molecule has 1 amide bonds. The van der Waals surface area contributed by atoms with Gasteiger partial charge in [-0.25, -0.2) is 13.6 Å². The highest BCUT2D eigenvalue weighted by Crippen LogP contribution is 2.15. The van der Waals surface area contributed by atoms with Crippen molar-refractivity contribution >= 4 is 27.3 Å². The number of hydrogen-bond donors (Lipinski definition) is 1. The minimum atomic E-state index is -3.74. The fourth-order valence-electron chi connectivity index (χ4n) is 2.08. The topological polar surface area (TPSA) is 80.5 Å². The number of nitrogens with two attached hydrogens (primary N) is 1. The average molecular weight is 338 g/mol. The summed E-state index contributed by atoms with van der Waals surface area (Å²) in [5, 5.41) is 9.12. The molecule has 0 saturated carbocycles. The van der Waals surface area contributed by atoms with Crippen LogP contribution in [0.15, 0.2) is 46.0 Å². The largest absolute Gasteiger partial charge is 0.339 e. The van der Waals surface area contributed by atoms with E-state index in [4.69, 9.17) is 5.14 Å². The number of carbonyl (C=O) groups is 1. The summed E-state index contributed by atoms with van der Waals surface area (Å²) in [4.78, 5) is 14.1. The van der Waals surface area contributed by atoms with E-state index in [1.165, 1.54) is 29.8 Å². The van der Waals surface area contributed by atoms with Crippen molar-refractivity contribution in [1.29, 1.82) is 0 Å². The number of nitrogens with zero attached hydrogens (tertiary/aromatic N) is 1. The van der Waals surface area contributed by atoms with E-state index in [0.29, 0.717) is 5.56 Å². The van der Waals surface area contributed by atoms with Gasteiger partial charge in [0.2, 0.25) is 10.0 Å². The molecular weight excluding hydrogens is 320 g/mol. The predicted octanol–water partition coefficient (Wildman–Crippen LogP) is 2.10. The number of amides is 1. The van der Waals surface area contributed by atoms with Gasteiger partial charge < -0.3 is 4.90 Å². The summed E-state index contributed by atoms with van der Waals surface area (Å²) in [6.07, 6.45) is 0.779. The van der Waals surface area contributed by atoms with Crippen molar-refractivity contribution in [3.63, 3.8) is 0 Å². The van der Waals surface area contributed by atoms with Crippen LogP contribution in [0.3, 0.4) is 0 Å². The first-order chi connectivity index (χ1) is 10.3. The normalized spacial score (nSPS) is 12.9. The molecule has 118 valence electrons. The molecule has 22 heavy (non-hydrogen) atoms. The third kappa shape index (κ3) is 3.94. The lowest BCUT2D eigenvalue weighted by atomic mass is 10.1. The van der Waals surface area contributed by atoms with Gasteiger partial charge >= 0.3 is 0 Å². The monoisotopic (exact) mass is 338 g/mol. The van der Waals surface area contributed by atoms with Crippen LogP contribution in [-0.2, 0) is 16.4 Å². The minimum absolute atomic E-state index is 0.00183. The van der Waals surface area contributed by atoms with Gasteiger partial charge in [0, 0.05) is 18.7 Å². The molecule has 5 nitrogen and oxygen atoms in total. The molecule has 1 heterocycles. The number of hydrogen-bond acceptors (Lipinski definition) is 4. The van der Waals surface area contributed by atoms with Gasteiger partial charge in [-0.05, 0) is 60.0 Å². The Hall–Kier alpha value is -1.70. The van der Waals surface area contributed by atoms with E-state index < -0.39 is 10.0 Å². The minimum Gasteiger partial charge on any atom is -0.339 e. The fraction of sp³-hybridized carbons (Fsp3) is 0.267. The third-order valence-corrected chi connectivity index (χ3v) is 5.18. The first-order valence-corrected chi connectivity index (χ1v) is 9.19. The third-order valence-electron chi connectivity index (χ3n) is 3.52. The Labute approximate surface area is 134 Å². The van der Waals surface area contributed by atoms with Gasteiger partial charge in [0.05, 0.1) is 4.90 Å². The zero-order valence-electron chi connectivity index (χ0n) is 12.4. The summed E-state index contributed by atoms with van der Waals surface area (Å²) in [6, 6.07) is 7.74. The number of thiophene rings is 1. The zero-order valence-corrected chi connectivity index (χ0v) is 14.0. The molecule has 1 aromatic heterocycles. The molecule has 7 heteroatoms. The second-order valence-corrected chi connectivity index (χ2v) is 7.51. The van der Waals surface area contributed by atoms with E-state index in [9.17, 15) is 13.2 Å². The molecule has 1 atom stereocenters. The van der Waals surface area contributed by atoms with Gasteiger partial charge in [-0.2, -0.15) is 11.3 Å². The van der Waals surface area contributed by atoms with Crippen molar-refractivity contribution in [2.45, 2.75) is 24.3 Å². The maximum absolute atomic E-state index is 12.4. The van der Waals surface area contributed by atoms with Crippen LogP contribution in [-0.4, -0.2) is 32.3 Å². The zero-order chi connectivity index (χ0) is 16.3. The van der Waals surface area contributed by atoms with Crippen molar-refractivity contribution in [2.24, 2.45) is 5.14 Å².